The van der Waals surface area contributed by atoms with Crippen LogP contribution in [-0.2, 0) is 9.59 Å². The second-order valence-corrected chi connectivity index (χ2v) is 10.4. The number of fused-ring (bicyclic) bond motifs is 1. The molecule has 0 aromatic carbocycles. The number of carbonyl (C=O) groups is 2. The summed E-state index contributed by atoms with van der Waals surface area (Å²) in [6.45, 7) is 7.50. The number of nitrogens with zero attached hydrogens (tertiary/aromatic N) is 2. The second kappa shape index (κ2) is 6.15. The number of carboxylic acids is 1. The summed E-state index contributed by atoms with van der Waals surface area (Å²) in [6, 6.07) is -0.809. The fraction of sp³-hybridized carbons (Fsp3) is 0.737. The van der Waals surface area contributed by atoms with Gasteiger partial charge >= 0.3 is 5.97 Å². The summed E-state index contributed by atoms with van der Waals surface area (Å²) < 4.78 is 4.93. The number of hydrogen-bond donors (Lipinski definition) is 2. The lowest BCUT2D eigenvalue weighted by molar-refractivity contribution is -0.163. The molecule has 148 valence electrons. The highest BCUT2D eigenvalue weighted by molar-refractivity contribution is 8.01. The van der Waals surface area contributed by atoms with Crippen LogP contribution in [0.5, 0.6) is 0 Å². The Kier molecular flexibility index (Phi) is 4.25. The molecule has 1 amide bonds. The van der Waals surface area contributed by atoms with Crippen molar-refractivity contribution in [3.63, 3.8) is 0 Å². The van der Waals surface area contributed by atoms with Crippen LogP contribution in [0.2, 0.25) is 0 Å². The Morgan fingerprint density at radius 1 is 1.30 bits per heavy atom. The quantitative estimate of drug-likeness (QED) is 0.757. The van der Waals surface area contributed by atoms with Crippen molar-refractivity contribution in [1.82, 2.24) is 10.1 Å². The minimum atomic E-state index is -0.950. The van der Waals surface area contributed by atoms with Crippen molar-refractivity contribution in [3.05, 3.63) is 11.5 Å². The molecule has 0 bridgehead atoms. The van der Waals surface area contributed by atoms with Crippen LogP contribution in [0.15, 0.2) is 4.52 Å². The van der Waals surface area contributed by atoms with Crippen LogP contribution in [0.1, 0.15) is 70.2 Å². The monoisotopic (exact) mass is 393 g/mol. The van der Waals surface area contributed by atoms with Gasteiger partial charge in [0.05, 0.1) is 0 Å². The van der Waals surface area contributed by atoms with Gasteiger partial charge in [0.25, 0.3) is 5.91 Å². The first-order chi connectivity index (χ1) is 12.7. The number of β-lactam (4-membered cyclic amide) rings is 1. The highest BCUT2D eigenvalue weighted by atomic mass is 32.2. The number of carbonyl (C=O) groups excluding carboxylic acids is 1. The smallest absolute Gasteiger partial charge is 0.327 e. The van der Waals surface area contributed by atoms with Gasteiger partial charge in [-0.2, -0.15) is 0 Å². The van der Waals surface area contributed by atoms with Crippen LogP contribution in [0, 0.1) is 6.92 Å². The summed E-state index contributed by atoms with van der Waals surface area (Å²) in [6.07, 6.45) is 5.80. The minimum Gasteiger partial charge on any atom is -0.480 e. The maximum Gasteiger partial charge on any atom is 0.327 e. The van der Waals surface area contributed by atoms with Crippen LogP contribution < -0.4 is 5.32 Å². The molecule has 2 saturated heterocycles. The molecular formula is C19H27N3O4S. The first-order valence-electron chi connectivity index (χ1n) is 9.64. The zero-order valence-corrected chi connectivity index (χ0v) is 17.1. The zero-order chi connectivity index (χ0) is 19.6. The third-order valence-electron chi connectivity index (χ3n) is 6.28. The number of aromatic nitrogens is 1. The van der Waals surface area contributed by atoms with Crippen LogP contribution >= 0.6 is 11.8 Å². The molecule has 27 heavy (non-hydrogen) atoms. The number of aliphatic carboxylic acids is 1. The average molecular weight is 394 g/mol. The maximum absolute atomic E-state index is 13.0. The van der Waals surface area contributed by atoms with Crippen molar-refractivity contribution >= 4 is 29.3 Å². The van der Waals surface area contributed by atoms with Crippen molar-refractivity contribution < 1.29 is 19.2 Å². The van der Waals surface area contributed by atoms with E-state index in [1.165, 1.54) is 24.2 Å². The van der Waals surface area contributed by atoms with Gasteiger partial charge in [-0.1, -0.05) is 24.4 Å². The molecule has 3 heterocycles. The topological polar surface area (TPSA) is 95.7 Å². The molecule has 3 fully saturated rings. The third-order valence-corrected chi connectivity index (χ3v) is 8.03. The molecule has 2 N–H and O–H groups in total. The maximum atomic E-state index is 13.0. The number of hydrogen-bond acceptors (Lipinski definition) is 6. The van der Waals surface area contributed by atoms with E-state index < -0.39 is 22.3 Å². The summed E-state index contributed by atoms with van der Waals surface area (Å²) in [4.78, 5) is 26.3. The number of carboxylic acid groups (broad SMARTS) is 1. The van der Waals surface area contributed by atoms with Gasteiger partial charge in [-0.05, 0) is 40.5 Å². The van der Waals surface area contributed by atoms with E-state index in [9.17, 15) is 14.7 Å². The standard InChI is InChI=1S/C19H27N3O4S/c1-10-12(13(21-26-10)11-8-6-5-7-9-11)20-19(4)16(25)22-14(15(23)24)18(2,3)27-17(19)22/h11,14,17,20H,5-9H2,1-4H3,(H,23,24)/t14-,17+,19?/m0/s1. The van der Waals surface area contributed by atoms with Gasteiger partial charge in [-0.3, -0.25) is 4.79 Å². The van der Waals surface area contributed by atoms with Gasteiger partial charge in [0, 0.05) is 10.7 Å². The zero-order valence-electron chi connectivity index (χ0n) is 16.2. The number of amides is 1. The summed E-state index contributed by atoms with van der Waals surface area (Å²) in [5, 5.41) is 17.1. The van der Waals surface area contributed by atoms with Crippen molar-refractivity contribution in [2.24, 2.45) is 0 Å². The average Bonchev–Trinajstić information content (AvgIpc) is 3.11. The van der Waals surface area contributed by atoms with E-state index in [0.717, 1.165) is 24.2 Å². The van der Waals surface area contributed by atoms with Crippen LogP contribution in [0.25, 0.3) is 0 Å². The predicted molar refractivity (Wildman–Crippen MR) is 103 cm³/mol. The first-order valence-corrected chi connectivity index (χ1v) is 10.5. The van der Waals surface area contributed by atoms with Gasteiger partial charge in [0.1, 0.15) is 28.3 Å². The van der Waals surface area contributed by atoms with Crippen LogP contribution in [-0.4, -0.2) is 48.7 Å². The first kappa shape index (κ1) is 18.7. The van der Waals surface area contributed by atoms with Crippen molar-refractivity contribution in [2.45, 2.75) is 87.4 Å². The molecule has 0 spiro atoms. The molecule has 1 aromatic heterocycles. The molecule has 8 heteroatoms. The highest BCUT2D eigenvalue weighted by Crippen LogP contribution is 2.56. The van der Waals surface area contributed by atoms with E-state index in [4.69, 9.17) is 4.52 Å². The third kappa shape index (κ3) is 2.67. The van der Waals surface area contributed by atoms with Crippen molar-refractivity contribution in [1.29, 1.82) is 0 Å². The molecule has 4 rings (SSSR count). The number of aryl methyl sites for hydroxylation is 1. The number of thioether (sulfide) groups is 1. The molecule has 1 aliphatic carbocycles. The molecular weight excluding hydrogens is 366 g/mol. The fourth-order valence-electron chi connectivity index (χ4n) is 4.79. The Labute approximate surface area is 163 Å². The van der Waals surface area contributed by atoms with Crippen molar-refractivity contribution in [2.75, 3.05) is 5.32 Å². The van der Waals surface area contributed by atoms with Gasteiger partial charge in [0.2, 0.25) is 0 Å². The lowest BCUT2D eigenvalue weighted by atomic mass is 9.84. The Morgan fingerprint density at radius 2 is 1.96 bits per heavy atom. The summed E-state index contributed by atoms with van der Waals surface area (Å²) in [7, 11) is 0. The number of anilines is 1. The Hall–Kier alpha value is -1.70. The molecule has 2 aliphatic heterocycles. The number of nitrogens with one attached hydrogen (secondary N) is 1. The SMILES string of the molecule is Cc1onc(C2CCCCC2)c1NC1(C)C(=O)N2[C@@H](C(=O)O)C(C)(C)S[C@@H]21. The lowest BCUT2D eigenvalue weighted by Gasteiger charge is -2.51. The van der Waals surface area contributed by atoms with Gasteiger partial charge in [0.15, 0.2) is 5.76 Å². The van der Waals surface area contributed by atoms with E-state index >= 15 is 0 Å². The highest BCUT2D eigenvalue weighted by Gasteiger charge is 2.69. The molecule has 3 atom stereocenters. The van der Waals surface area contributed by atoms with Crippen molar-refractivity contribution in [3.8, 4) is 0 Å². The molecule has 1 unspecified atom stereocenters. The van der Waals surface area contributed by atoms with Gasteiger partial charge in [-0.15, -0.1) is 11.8 Å². The van der Waals surface area contributed by atoms with Gasteiger partial charge < -0.3 is 19.8 Å². The van der Waals surface area contributed by atoms with E-state index in [2.05, 4.69) is 10.5 Å². The van der Waals surface area contributed by atoms with E-state index in [-0.39, 0.29) is 11.3 Å². The second-order valence-electron chi connectivity index (χ2n) is 8.69. The molecule has 1 aromatic rings. The van der Waals surface area contributed by atoms with E-state index in [1.807, 2.05) is 27.7 Å². The normalized spacial score (nSPS) is 32.9. The summed E-state index contributed by atoms with van der Waals surface area (Å²) >= 11 is 1.54. The fourth-order valence-corrected chi connectivity index (χ4v) is 6.44. The van der Waals surface area contributed by atoms with Crippen LogP contribution in [0.3, 0.4) is 0 Å². The Morgan fingerprint density at radius 3 is 2.59 bits per heavy atom. The summed E-state index contributed by atoms with van der Waals surface area (Å²) in [5.41, 5.74) is 0.873. The minimum absolute atomic E-state index is 0.173. The lowest BCUT2D eigenvalue weighted by Crippen LogP contribution is -2.75. The Bertz CT molecular complexity index is 786. The van der Waals surface area contributed by atoms with E-state index in [0.29, 0.717) is 11.7 Å². The largest absolute Gasteiger partial charge is 0.480 e. The molecule has 0 radical (unpaired) electrons. The van der Waals surface area contributed by atoms with E-state index in [1.54, 1.807) is 11.8 Å². The molecule has 1 saturated carbocycles. The Balaban J connectivity index is 1.62. The van der Waals surface area contributed by atoms with Crippen LogP contribution in [0.4, 0.5) is 5.69 Å². The summed E-state index contributed by atoms with van der Waals surface area (Å²) in [5.74, 6) is -0.0873. The van der Waals surface area contributed by atoms with Gasteiger partial charge in [-0.25, -0.2) is 4.79 Å². The molecule has 7 nitrogen and oxygen atoms in total. The molecule has 3 aliphatic rings. The number of rotatable bonds is 4. The predicted octanol–water partition coefficient (Wildman–Crippen LogP) is 3.35.